The molecule has 57 heavy (non-hydrogen) atoms. The van der Waals surface area contributed by atoms with Crippen LogP contribution in [-0.4, -0.2) is 22.6 Å². The molecule has 1 aliphatic heterocycles. The van der Waals surface area contributed by atoms with E-state index in [0.29, 0.717) is 11.5 Å². The average Bonchev–Trinajstić information content (AvgIpc) is 3.82. The fourth-order valence-electron chi connectivity index (χ4n) is 8.62. The molecule has 0 fully saturated rings. The minimum Gasteiger partial charge on any atom is -0.502 e. The van der Waals surface area contributed by atoms with Gasteiger partial charge in [0.2, 0.25) is 0 Å². The maximum absolute atomic E-state index is 7.08. The minimum atomic E-state index is -3.03. The number of nitrogens with zero attached hydrogens (tertiary/aromatic N) is 4. The number of benzene rings is 7. The second-order valence-electron chi connectivity index (χ2n) is 14.0. The van der Waals surface area contributed by atoms with E-state index in [1.54, 1.807) is 0 Å². The molecule has 0 spiro atoms. The van der Waals surface area contributed by atoms with Crippen molar-refractivity contribution in [1.82, 2.24) is 14.5 Å². The number of rotatable bonds is 6. The zero-order valence-electron chi connectivity index (χ0n) is 30.7. The molecule has 0 radical (unpaired) electrons. The number of anilines is 3. The van der Waals surface area contributed by atoms with Crippen LogP contribution in [0.4, 0.5) is 17.2 Å². The van der Waals surface area contributed by atoms with Crippen LogP contribution in [0.5, 0.6) is 11.5 Å². The summed E-state index contributed by atoms with van der Waals surface area (Å²) in [6.07, 6.45) is 1.86. The van der Waals surface area contributed by atoms with Crippen molar-refractivity contribution >= 4 is 88.6 Å². The molecule has 0 unspecified atom stereocenters. The van der Waals surface area contributed by atoms with E-state index in [0.717, 1.165) is 50.4 Å². The summed E-state index contributed by atoms with van der Waals surface area (Å²) in [4.78, 5) is 12.2. The smallest absolute Gasteiger partial charge is 0.502 e. The number of aryl methyl sites for hydroxylation is 1. The maximum atomic E-state index is 7.08. The summed E-state index contributed by atoms with van der Waals surface area (Å²) in [5, 5.41) is 7.39. The van der Waals surface area contributed by atoms with Crippen LogP contribution in [0.1, 0.15) is 0 Å². The Balaban J connectivity index is 0.00000396. The molecule has 0 saturated heterocycles. The molecule has 0 N–H and O–H groups in total. The maximum Gasteiger partial charge on any atom is 2.00 e. The molecule has 4 heterocycles. The van der Waals surface area contributed by atoms with Crippen molar-refractivity contribution < 1.29 is 25.2 Å². The summed E-state index contributed by atoms with van der Waals surface area (Å²) in [5.41, 5.74) is 4.90. The van der Waals surface area contributed by atoms with Crippen molar-refractivity contribution in [3.8, 4) is 22.9 Å². The summed E-state index contributed by atoms with van der Waals surface area (Å²) >= 11 is 1.83. The van der Waals surface area contributed by atoms with E-state index < -0.39 is 8.07 Å². The summed E-state index contributed by atoms with van der Waals surface area (Å²) in [5.74, 6) is 2.90. The van der Waals surface area contributed by atoms with E-state index in [2.05, 4.69) is 149 Å². The third-order valence-corrected chi connectivity index (χ3v) is 17.2. The number of thiophene rings is 1. The Morgan fingerprint density at radius 3 is 2.14 bits per heavy atom. The van der Waals surface area contributed by atoms with E-state index in [1.807, 2.05) is 67.0 Å². The van der Waals surface area contributed by atoms with Gasteiger partial charge in [-0.3, -0.25) is 4.98 Å². The molecular formula is C49H32N4OPdSSi. The number of imidazole rings is 1. The molecule has 10 aromatic rings. The van der Waals surface area contributed by atoms with E-state index in [-0.39, 0.29) is 20.4 Å². The van der Waals surface area contributed by atoms with Gasteiger partial charge in [0.05, 0.1) is 16.9 Å². The quantitative estimate of drug-likeness (QED) is 0.124. The Kier molecular flexibility index (Phi) is 8.73. The molecule has 274 valence electrons. The average molecular weight is 859 g/mol. The van der Waals surface area contributed by atoms with Crippen LogP contribution in [0.2, 0.25) is 0 Å². The fourth-order valence-corrected chi connectivity index (χ4v) is 15.5. The Labute approximate surface area is 349 Å². The molecular weight excluding hydrogens is 827 g/mol. The van der Waals surface area contributed by atoms with Crippen molar-refractivity contribution in [2.75, 3.05) is 4.90 Å². The normalized spacial score (nSPS) is 13.0. The first-order valence-electron chi connectivity index (χ1n) is 18.6. The summed E-state index contributed by atoms with van der Waals surface area (Å²) in [6.45, 7) is 0. The van der Waals surface area contributed by atoms with E-state index in [1.165, 1.54) is 30.1 Å². The van der Waals surface area contributed by atoms with Gasteiger partial charge in [0, 0.05) is 35.1 Å². The second kappa shape index (κ2) is 14.1. The molecule has 0 saturated carbocycles. The van der Waals surface area contributed by atoms with Crippen LogP contribution in [-0.2, 0) is 27.5 Å². The third kappa shape index (κ3) is 5.44. The second-order valence-corrected chi connectivity index (χ2v) is 18.8. The fraction of sp³-hybridized carbons (Fsp3) is 0.0204. The van der Waals surface area contributed by atoms with Crippen LogP contribution in [0, 0.1) is 12.1 Å². The summed E-state index contributed by atoms with van der Waals surface area (Å²) in [7, 11) is -0.988. The molecule has 0 aliphatic carbocycles. The van der Waals surface area contributed by atoms with Crippen LogP contribution < -0.4 is 30.4 Å². The van der Waals surface area contributed by atoms with Gasteiger partial charge in [0.15, 0.2) is 0 Å². The van der Waals surface area contributed by atoms with Crippen molar-refractivity contribution in [1.29, 1.82) is 0 Å². The van der Waals surface area contributed by atoms with E-state index in [4.69, 9.17) is 14.7 Å². The van der Waals surface area contributed by atoms with Gasteiger partial charge in [0.1, 0.15) is 13.9 Å². The number of ether oxygens (including phenoxy) is 1. The standard InChI is InChI=1S/C49H32N4OSSi.Pd/c1-52-39-25-10-9-24-38(39)51-49(52)33-17-16-18-34(31-33)54-42-32-41-48(47-46(42)37-23-8-12-27-43(37)55-47)56(35-19-4-2-5-20-35,36-21-6-3-7-22-36)44-28-13-11-26-40(44)53(41)45-29-14-15-30-50-45;/h2-30H,1H3;/q-2;+2. The molecule has 0 atom stereocenters. The van der Waals surface area contributed by atoms with Gasteiger partial charge in [-0.15, -0.1) is 35.0 Å². The van der Waals surface area contributed by atoms with Gasteiger partial charge >= 0.3 is 20.4 Å². The van der Waals surface area contributed by atoms with Gasteiger partial charge in [0.25, 0.3) is 0 Å². The topological polar surface area (TPSA) is 43.2 Å². The number of fused-ring (bicyclic) bond motifs is 7. The zero-order valence-corrected chi connectivity index (χ0v) is 34.0. The third-order valence-electron chi connectivity index (χ3n) is 11.0. The van der Waals surface area contributed by atoms with Crippen molar-refractivity contribution in [2.24, 2.45) is 7.05 Å². The van der Waals surface area contributed by atoms with E-state index in [9.17, 15) is 0 Å². The number of hydrogen-bond donors (Lipinski definition) is 0. The molecule has 5 nitrogen and oxygen atoms in total. The molecule has 3 aromatic heterocycles. The minimum absolute atomic E-state index is 0. The predicted octanol–water partition coefficient (Wildman–Crippen LogP) is 9.55. The summed E-state index contributed by atoms with van der Waals surface area (Å²) < 4.78 is 11.6. The monoisotopic (exact) mass is 858 g/mol. The number of pyridine rings is 1. The van der Waals surface area contributed by atoms with Gasteiger partial charge in [-0.2, -0.15) is 11.3 Å². The predicted molar refractivity (Wildman–Crippen MR) is 233 cm³/mol. The number of aromatic nitrogens is 3. The first-order chi connectivity index (χ1) is 27.7. The van der Waals surface area contributed by atoms with Crippen LogP contribution >= 0.6 is 11.3 Å². The largest absolute Gasteiger partial charge is 2.00 e. The Morgan fingerprint density at radius 1 is 0.667 bits per heavy atom. The van der Waals surface area contributed by atoms with Crippen molar-refractivity contribution in [3.63, 3.8) is 0 Å². The van der Waals surface area contributed by atoms with Gasteiger partial charge in [-0.05, 0) is 41.6 Å². The Bertz CT molecular complexity index is 3060. The Morgan fingerprint density at radius 2 is 1.37 bits per heavy atom. The SMILES string of the molecule is Cn1c(-c2[c-]c(Oc3[c-]c4c(c5sc6ccccc6c35)[Si](c3ccccc3)(c3ccccc3)c3ccccc3N4c3ccccn3)ccc2)nc2ccccc21.[Pd+2]. The van der Waals surface area contributed by atoms with Crippen molar-refractivity contribution in [2.45, 2.75) is 0 Å². The van der Waals surface area contributed by atoms with Crippen molar-refractivity contribution in [3.05, 3.63) is 188 Å². The Hall–Kier alpha value is -6.14. The molecule has 7 aromatic carbocycles. The van der Waals surface area contributed by atoms with Crippen LogP contribution in [0.3, 0.4) is 0 Å². The van der Waals surface area contributed by atoms with Gasteiger partial charge in [-0.1, -0.05) is 153 Å². The molecule has 0 amide bonds. The van der Waals surface area contributed by atoms with Crippen LogP contribution in [0.25, 0.3) is 42.6 Å². The zero-order chi connectivity index (χ0) is 37.2. The number of hydrogen-bond acceptors (Lipinski definition) is 5. The molecule has 8 heteroatoms. The molecule has 1 aliphatic rings. The first-order valence-corrected chi connectivity index (χ1v) is 21.5. The number of para-hydroxylation sites is 3. The van der Waals surface area contributed by atoms with E-state index >= 15 is 0 Å². The molecule has 11 rings (SSSR count). The van der Waals surface area contributed by atoms with Gasteiger partial charge < -0.3 is 14.2 Å². The summed E-state index contributed by atoms with van der Waals surface area (Å²) in [6, 6.07) is 67.7. The van der Waals surface area contributed by atoms with Crippen LogP contribution in [0.15, 0.2) is 176 Å². The molecule has 0 bridgehead atoms. The first kappa shape index (κ1) is 35.3. The van der Waals surface area contributed by atoms with Gasteiger partial charge in [-0.25, -0.2) is 4.98 Å².